The predicted molar refractivity (Wildman–Crippen MR) is 76.6 cm³/mol. The first-order valence-corrected chi connectivity index (χ1v) is 7.32. The molecule has 1 aromatic rings. The van der Waals surface area contributed by atoms with E-state index in [0.29, 0.717) is 17.1 Å². The minimum Gasteiger partial charge on any atom is -0.504 e. The molecule has 1 N–H and O–H groups in total. The molecule has 2 aliphatic rings. The third kappa shape index (κ3) is 1.76. The van der Waals surface area contributed by atoms with E-state index in [1.165, 1.54) is 18.4 Å². The van der Waals surface area contributed by atoms with Crippen LogP contribution in [0.15, 0.2) is 18.2 Å². The van der Waals surface area contributed by atoms with E-state index < -0.39 is 0 Å². The fourth-order valence-corrected chi connectivity index (χ4v) is 4.56. The van der Waals surface area contributed by atoms with Crippen LogP contribution >= 0.6 is 0 Å². The molecule has 0 aliphatic heterocycles. The third-order valence-electron chi connectivity index (χ3n) is 6.07. The lowest BCUT2D eigenvalue weighted by Gasteiger charge is -2.41. The zero-order valence-electron chi connectivity index (χ0n) is 12.3. The smallest absolute Gasteiger partial charge is 0.160 e. The van der Waals surface area contributed by atoms with Gasteiger partial charge in [0.05, 0.1) is 7.11 Å². The number of phenolic OH excluding ortho intramolecular Hbond substituents is 1. The van der Waals surface area contributed by atoms with Crippen molar-refractivity contribution >= 4 is 0 Å². The summed E-state index contributed by atoms with van der Waals surface area (Å²) in [5.74, 6) is 3.87. The lowest BCUT2D eigenvalue weighted by Crippen LogP contribution is -2.32. The van der Waals surface area contributed by atoms with Crippen LogP contribution in [-0.2, 0) is 0 Å². The number of phenols is 1. The van der Waals surface area contributed by atoms with E-state index in [1.807, 2.05) is 12.1 Å². The van der Waals surface area contributed by atoms with Crippen LogP contribution in [-0.4, -0.2) is 12.2 Å². The van der Waals surface area contributed by atoms with E-state index in [0.717, 1.165) is 17.8 Å². The Kier molecular flexibility index (Phi) is 2.81. The normalized spacial score (nSPS) is 35.6. The molecule has 4 unspecified atom stereocenters. The Morgan fingerprint density at radius 2 is 2.00 bits per heavy atom. The average molecular weight is 260 g/mol. The number of methoxy groups -OCH3 is 1. The van der Waals surface area contributed by atoms with E-state index in [2.05, 4.69) is 26.8 Å². The molecule has 2 nitrogen and oxygen atoms in total. The quantitative estimate of drug-likeness (QED) is 0.864. The van der Waals surface area contributed by atoms with Gasteiger partial charge in [0, 0.05) is 0 Å². The van der Waals surface area contributed by atoms with E-state index in [1.54, 1.807) is 7.11 Å². The molecule has 4 atom stereocenters. The minimum absolute atomic E-state index is 0.272. The van der Waals surface area contributed by atoms with E-state index in [9.17, 15) is 5.11 Å². The van der Waals surface area contributed by atoms with Gasteiger partial charge in [0.2, 0.25) is 0 Å². The van der Waals surface area contributed by atoms with Gasteiger partial charge in [-0.25, -0.2) is 0 Å². The van der Waals surface area contributed by atoms with Gasteiger partial charge in [-0.2, -0.15) is 0 Å². The van der Waals surface area contributed by atoms with Gasteiger partial charge >= 0.3 is 0 Å². The average Bonchev–Trinajstić information content (AvgIpc) is 2.90. The number of hydrogen-bond donors (Lipinski definition) is 1. The monoisotopic (exact) mass is 260 g/mol. The standard InChI is InChI=1S/C17H24O2/c1-10-12-7-13(14(8-12)17(10,2)3)11-5-6-16(19-4)15(18)9-11/h5-6,9-10,12-14,18H,7-8H2,1-4H3. The minimum atomic E-state index is 0.272. The highest BCUT2D eigenvalue weighted by atomic mass is 16.5. The molecule has 0 aromatic heterocycles. The number of hydrogen-bond acceptors (Lipinski definition) is 2. The summed E-state index contributed by atoms with van der Waals surface area (Å²) in [6, 6.07) is 5.93. The topological polar surface area (TPSA) is 29.5 Å². The summed E-state index contributed by atoms with van der Waals surface area (Å²) < 4.78 is 5.13. The van der Waals surface area contributed by atoms with Gasteiger partial charge in [-0.15, -0.1) is 0 Å². The van der Waals surface area contributed by atoms with Crippen LogP contribution in [0.25, 0.3) is 0 Å². The second-order valence-electron chi connectivity index (χ2n) is 6.99. The van der Waals surface area contributed by atoms with E-state index >= 15 is 0 Å². The van der Waals surface area contributed by atoms with Gasteiger partial charge in [-0.3, -0.25) is 0 Å². The molecule has 2 aliphatic carbocycles. The Hall–Kier alpha value is -1.18. The molecule has 2 bridgehead atoms. The Morgan fingerprint density at radius 1 is 1.26 bits per heavy atom. The Bertz CT molecular complexity index is 492. The number of rotatable bonds is 2. The van der Waals surface area contributed by atoms with E-state index in [4.69, 9.17) is 4.74 Å². The Morgan fingerprint density at radius 3 is 2.53 bits per heavy atom. The Labute approximate surface area is 115 Å². The molecule has 0 saturated heterocycles. The second-order valence-corrected chi connectivity index (χ2v) is 6.99. The fraction of sp³-hybridized carbons (Fsp3) is 0.647. The fourth-order valence-electron chi connectivity index (χ4n) is 4.56. The van der Waals surface area contributed by atoms with Crippen LogP contribution in [0.3, 0.4) is 0 Å². The van der Waals surface area contributed by atoms with E-state index in [-0.39, 0.29) is 5.75 Å². The first kappa shape index (κ1) is 12.8. The molecule has 3 rings (SSSR count). The van der Waals surface area contributed by atoms with Crippen molar-refractivity contribution in [2.75, 3.05) is 7.11 Å². The first-order chi connectivity index (χ1) is 8.95. The first-order valence-electron chi connectivity index (χ1n) is 7.32. The van der Waals surface area contributed by atoms with Crippen molar-refractivity contribution < 1.29 is 9.84 Å². The van der Waals surface area contributed by atoms with Gasteiger partial charge in [-0.05, 0) is 59.6 Å². The highest BCUT2D eigenvalue weighted by molar-refractivity contribution is 5.43. The van der Waals surface area contributed by atoms with Crippen molar-refractivity contribution in [3.8, 4) is 11.5 Å². The highest BCUT2D eigenvalue weighted by Crippen LogP contribution is 2.64. The maximum atomic E-state index is 9.98. The summed E-state index contributed by atoms with van der Waals surface area (Å²) in [5.41, 5.74) is 1.70. The summed E-state index contributed by atoms with van der Waals surface area (Å²) in [6.45, 7) is 7.24. The van der Waals surface area contributed by atoms with Crippen LogP contribution in [0.4, 0.5) is 0 Å². The maximum Gasteiger partial charge on any atom is 0.160 e. The van der Waals surface area contributed by atoms with Crippen molar-refractivity contribution in [2.24, 2.45) is 23.2 Å². The van der Waals surface area contributed by atoms with Gasteiger partial charge in [0.25, 0.3) is 0 Å². The Balaban J connectivity index is 1.91. The number of benzene rings is 1. The molecular weight excluding hydrogens is 236 g/mol. The third-order valence-corrected chi connectivity index (χ3v) is 6.07. The zero-order chi connectivity index (χ0) is 13.8. The summed E-state index contributed by atoms with van der Waals surface area (Å²) in [6.07, 6.45) is 2.63. The van der Waals surface area contributed by atoms with Crippen LogP contribution in [0.1, 0.15) is 45.1 Å². The molecule has 0 radical (unpaired) electrons. The molecule has 2 heteroatoms. The molecular formula is C17H24O2. The van der Waals surface area contributed by atoms with Crippen LogP contribution in [0.5, 0.6) is 11.5 Å². The van der Waals surface area contributed by atoms with Gasteiger partial charge < -0.3 is 9.84 Å². The van der Waals surface area contributed by atoms with Gasteiger partial charge in [0.15, 0.2) is 11.5 Å². The number of aromatic hydroxyl groups is 1. The molecule has 19 heavy (non-hydrogen) atoms. The van der Waals surface area contributed by atoms with Crippen molar-refractivity contribution in [1.82, 2.24) is 0 Å². The second kappa shape index (κ2) is 4.16. The van der Waals surface area contributed by atoms with Gasteiger partial charge in [0.1, 0.15) is 0 Å². The van der Waals surface area contributed by atoms with Crippen LogP contribution in [0.2, 0.25) is 0 Å². The molecule has 1 aromatic carbocycles. The number of ether oxygens (including phenoxy) is 1. The maximum absolute atomic E-state index is 9.98. The highest BCUT2D eigenvalue weighted by Gasteiger charge is 2.55. The van der Waals surface area contributed by atoms with Crippen molar-refractivity contribution in [3.05, 3.63) is 23.8 Å². The van der Waals surface area contributed by atoms with Crippen molar-refractivity contribution in [1.29, 1.82) is 0 Å². The molecule has 2 saturated carbocycles. The largest absolute Gasteiger partial charge is 0.504 e. The SMILES string of the molecule is COc1ccc(C2CC3CC2C(C)(C)C3C)cc1O. The molecule has 2 fully saturated rings. The molecule has 0 spiro atoms. The molecule has 0 amide bonds. The van der Waals surface area contributed by atoms with Crippen molar-refractivity contribution in [3.63, 3.8) is 0 Å². The summed E-state index contributed by atoms with van der Waals surface area (Å²) in [5, 5.41) is 9.98. The summed E-state index contributed by atoms with van der Waals surface area (Å²) in [7, 11) is 1.59. The lowest BCUT2D eigenvalue weighted by atomic mass is 9.64. The summed E-state index contributed by atoms with van der Waals surface area (Å²) >= 11 is 0. The van der Waals surface area contributed by atoms with Crippen LogP contribution in [0, 0.1) is 23.2 Å². The lowest BCUT2D eigenvalue weighted by molar-refractivity contribution is 0.118. The van der Waals surface area contributed by atoms with Gasteiger partial charge in [-0.1, -0.05) is 26.8 Å². The zero-order valence-corrected chi connectivity index (χ0v) is 12.3. The van der Waals surface area contributed by atoms with Crippen LogP contribution < -0.4 is 4.74 Å². The summed E-state index contributed by atoms with van der Waals surface area (Å²) in [4.78, 5) is 0. The predicted octanol–water partition coefficient (Wildman–Crippen LogP) is 4.19. The van der Waals surface area contributed by atoms with Crippen molar-refractivity contribution in [2.45, 2.75) is 39.5 Å². The number of fused-ring (bicyclic) bond motifs is 2. The molecule has 0 heterocycles. The molecule has 104 valence electrons.